The van der Waals surface area contributed by atoms with E-state index < -0.39 is 6.10 Å². The van der Waals surface area contributed by atoms with Crippen molar-refractivity contribution in [2.24, 2.45) is 0 Å². The highest BCUT2D eigenvalue weighted by Crippen LogP contribution is 2.22. The fourth-order valence-corrected chi connectivity index (χ4v) is 2.15. The van der Waals surface area contributed by atoms with Crippen molar-refractivity contribution in [1.29, 1.82) is 5.26 Å². The number of hydrogen-bond acceptors (Lipinski definition) is 3. The van der Waals surface area contributed by atoms with E-state index in [9.17, 15) is 5.11 Å². The van der Waals surface area contributed by atoms with Crippen LogP contribution in [0.2, 0.25) is 0 Å². The maximum atomic E-state index is 10.0. The predicted octanol–water partition coefficient (Wildman–Crippen LogP) is 3.28. The summed E-state index contributed by atoms with van der Waals surface area (Å²) in [5, 5.41) is 18.7. The first-order chi connectivity index (χ1) is 9.20. The third-order valence-electron chi connectivity index (χ3n) is 2.66. The number of nitriles is 1. The molecule has 2 rings (SSSR count). The second kappa shape index (κ2) is 6.55. The molecule has 0 aliphatic carbocycles. The van der Waals surface area contributed by atoms with Gasteiger partial charge in [0.25, 0.3) is 0 Å². The molecule has 0 heterocycles. The van der Waals surface area contributed by atoms with Crippen LogP contribution in [0.1, 0.15) is 17.2 Å². The molecule has 0 aliphatic rings. The van der Waals surface area contributed by atoms with Gasteiger partial charge in [0, 0.05) is 0 Å². The molecule has 3 nitrogen and oxygen atoms in total. The topological polar surface area (TPSA) is 53.2 Å². The van der Waals surface area contributed by atoms with Gasteiger partial charge in [-0.25, -0.2) is 0 Å². The maximum absolute atomic E-state index is 10.0. The van der Waals surface area contributed by atoms with Crippen LogP contribution in [-0.2, 0) is 0 Å². The zero-order chi connectivity index (χ0) is 13.7. The third kappa shape index (κ3) is 3.69. The van der Waals surface area contributed by atoms with Crippen LogP contribution in [0.15, 0.2) is 48.5 Å². The molecule has 0 aromatic heterocycles. The summed E-state index contributed by atoms with van der Waals surface area (Å²) in [5.74, 6) is 0.760. The quantitative estimate of drug-likeness (QED) is 0.847. The van der Waals surface area contributed by atoms with Crippen LogP contribution < -0.4 is 4.74 Å². The fraction of sp³-hybridized carbons (Fsp3) is 0.133. The summed E-state index contributed by atoms with van der Waals surface area (Å²) >= 11 is 2.19. The molecule has 2 aromatic carbocycles. The Morgan fingerprint density at radius 3 is 2.47 bits per heavy atom. The van der Waals surface area contributed by atoms with E-state index in [1.165, 1.54) is 0 Å². The minimum absolute atomic E-state index is 0.186. The first-order valence-electron chi connectivity index (χ1n) is 5.76. The number of benzene rings is 2. The summed E-state index contributed by atoms with van der Waals surface area (Å²) in [4.78, 5) is 0. The molecule has 19 heavy (non-hydrogen) atoms. The Kier molecular flexibility index (Phi) is 4.77. The van der Waals surface area contributed by atoms with Gasteiger partial charge in [-0.1, -0.05) is 24.3 Å². The summed E-state index contributed by atoms with van der Waals surface area (Å²) in [5.41, 5.74) is 1.32. The molecule has 0 bridgehead atoms. The lowest BCUT2D eigenvalue weighted by Gasteiger charge is -2.13. The number of halogens is 1. The van der Waals surface area contributed by atoms with Crippen LogP contribution in [0.4, 0.5) is 0 Å². The van der Waals surface area contributed by atoms with Gasteiger partial charge in [0.15, 0.2) is 0 Å². The lowest BCUT2D eigenvalue weighted by Crippen LogP contribution is -2.10. The monoisotopic (exact) mass is 365 g/mol. The van der Waals surface area contributed by atoms with Gasteiger partial charge in [0.1, 0.15) is 18.5 Å². The van der Waals surface area contributed by atoms with Crippen LogP contribution in [0.5, 0.6) is 5.75 Å². The Morgan fingerprint density at radius 1 is 1.16 bits per heavy atom. The van der Waals surface area contributed by atoms with Crippen molar-refractivity contribution >= 4 is 22.6 Å². The number of nitrogens with zero attached hydrogens (tertiary/aromatic N) is 1. The van der Waals surface area contributed by atoms with E-state index >= 15 is 0 Å². The van der Waals surface area contributed by atoms with Crippen molar-refractivity contribution in [2.45, 2.75) is 6.10 Å². The molecule has 2 aromatic rings. The Bertz CT molecular complexity index is 590. The largest absolute Gasteiger partial charge is 0.489 e. The summed E-state index contributed by atoms with van der Waals surface area (Å²) in [7, 11) is 0. The lowest BCUT2D eigenvalue weighted by molar-refractivity contribution is 0.107. The molecule has 1 atom stereocenters. The van der Waals surface area contributed by atoms with Crippen LogP contribution in [0.25, 0.3) is 0 Å². The van der Waals surface area contributed by atoms with E-state index in [2.05, 4.69) is 22.6 Å². The molecule has 0 fully saturated rings. The average Bonchev–Trinajstić information content (AvgIpc) is 2.46. The summed E-state index contributed by atoms with van der Waals surface area (Å²) in [6, 6.07) is 16.5. The average molecular weight is 365 g/mol. The number of rotatable bonds is 4. The Labute approximate surface area is 125 Å². The maximum Gasteiger partial charge on any atom is 0.132 e. The highest BCUT2D eigenvalue weighted by Gasteiger charge is 2.09. The van der Waals surface area contributed by atoms with Crippen molar-refractivity contribution in [1.82, 2.24) is 0 Å². The smallest absolute Gasteiger partial charge is 0.132 e. The molecule has 0 spiro atoms. The summed E-state index contributed by atoms with van der Waals surface area (Å²) in [6.45, 7) is 0.186. The van der Waals surface area contributed by atoms with Gasteiger partial charge in [0.2, 0.25) is 0 Å². The van der Waals surface area contributed by atoms with Crippen molar-refractivity contribution in [2.75, 3.05) is 6.61 Å². The Hall–Kier alpha value is -1.58. The molecular weight excluding hydrogens is 353 g/mol. The number of hydrogen-bond donors (Lipinski definition) is 1. The second-order valence-electron chi connectivity index (χ2n) is 3.99. The van der Waals surface area contributed by atoms with Crippen molar-refractivity contribution < 1.29 is 9.84 Å². The van der Waals surface area contributed by atoms with Crippen LogP contribution in [0, 0.1) is 14.9 Å². The van der Waals surface area contributed by atoms with Crippen LogP contribution in [-0.4, -0.2) is 11.7 Å². The van der Waals surface area contributed by atoms with Crippen molar-refractivity contribution in [3.63, 3.8) is 0 Å². The molecule has 1 unspecified atom stereocenters. The van der Waals surface area contributed by atoms with Crippen molar-refractivity contribution in [3.8, 4) is 11.8 Å². The second-order valence-corrected chi connectivity index (χ2v) is 5.15. The lowest BCUT2D eigenvalue weighted by atomic mass is 10.1. The van der Waals surface area contributed by atoms with Gasteiger partial charge in [-0.2, -0.15) is 5.26 Å². The van der Waals surface area contributed by atoms with E-state index in [1.807, 2.05) is 30.3 Å². The van der Waals surface area contributed by atoms with Gasteiger partial charge in [-0.15, -0.1) is 0 Å². The first-order valence-corrected chi connectivity index (χ1v) is 6.84. The third-order valence-corrected chi connectivity index (χ3v) is 3.55. The van der Waals surface area contributed by atoms with E-state index in [-0.39, 0.29) is 6.61 Å². The molecule has 0 saturated heterocycles. The normalized spacial score (nSPS) is 11.6. The molecule has 0 aliphatic heterocycles. The Morgan fingerprint density at radius 2 is 1.84 bits per heavy atom. The van der Waals surface area contributed by atoms with Gasteiger partial charge in [0.05, 0.1) is 15.2 Å². The molecule has 4 heteroatoms. The zero-order valence-corrected chi connectivity index (χ0v) is 12.2. The number of ether oxygens (including phenoxy) is 1. The van der Waals surface area contributed by atoms with Crippen LogP contribution in [0.3, 0.4) is 0 Å². The van der Waals surface area contributed by atoms with Crippen molar-refractivity contribution in [3.05, 3.63) is 63.2 Å². The Balaban J connectivity index is 1.99. The number of para-hydroxylation sites is 1. The minimum atomic E-state index is -0.705. The number of aliphatic hydroxyl groups is 1. The van der Waals surface area contributed by atoms with Gasteiger partial charge in [-0.05, 0) is 52.4 Å². The van der Waals surface area contributed by atoms with Crippen LogP contribution >= 0.6 is 22.6 Å². The SMILES string of the molecule is N#Cc1ccc(C(O)COc2ccccc2I)cc1. The molecular formula is C15H12INO2. The van der Waals surface area contributed by atoms with E-state index in [4.69, 9.17) is 10.00 Å². The fourth-order valence-electron chi connectivity index (χ4n) is 1.61. The molecule has 0 amide bonds. The molecule has 0 radical (unpaired) electrons. The highest BCUT2D eigenvalue weighted by atomic mass is 127. The number of aliphatic hydroxyl groups excluding tert-OH is 1. The van der Waals surface area contributed by atoms with E-state index in [0.717, 1.165) is 14.9 Å². The van der Waals surface area contributed by atoms with Gasteiger partial charge >= 0.3 is 0 Å². The summed E-state index contributed by atoms with van der Waals surface area (Å²) < 4.78 is 6.59. The molecule has 96 valence electrons. The summed E-state index contributed by atoms with van der Waals surface area (Å²) in [6.07, 6.45) is -0.705. The molecule has 1 N–H and O–H groups in total. The van der Waals surface area contributed by atoms with Gasteiger partial charge in [-0.3, -0.25) is 0 Å². The zero-order valence-electron chi connectivity index (χ0n) is 10.1. The highest BCUT2D eigenvalue weighted by molar-refractivity contribution is 14.1. The van der Waals surface area contributed by atoms with Gasteiger partial charge < -0.3 is 9.84 Å². The molecule has 0 saturated carbocycles. The first kappa shape index (κ1) is 13.8. The standard InChI is InChI=1S/C15H12INO2/c16-13-3-1-2-4-15(13)19-10-14(18)12-7-5-11(9-17)6-8-12/h1-8,14,18H,10H2. The predicted molar refractivity (Wildman–Crippen MR) is 80.8 cm³/mol. The van der Waals surface area contributed by atoms with E-state index in [0.29, 0.717) is 5.56 Å². The van der Waals surface area contributed by atoms with E-state index in [1.54, 1.807) is 24.3 Å². The minimum Gasteiger partial charge on any atom is -0.489 e.